The molecule has 2 rings (SSSR count). The Morgan fingerprint density at radius 1 is 1.29 bits per heavy atom. The minimum absolute atomic E-state index is 0.0386. The fourth-order valence-corrected chi connectivity index (χ4v) is 2.10. The largest absolute Gasteiger partial charge is 0.495 e. The van der Waals surface area contributed by atoms with Gasteiger partial charge in [0.2, 0.25) is 0 Å². The Balaban J connectivity index is 2.08. The molecule has 2 aromatic rings. The second kappa shape index (κ2) is 6.58. The molecule has 0 aromatic heterocycles. The number of halogens is 2. The van der Waals surface area contributed by atoms with Crippen molar-refractivity contribution in [3.05, 3.63) is 57.8 Å². The van der Waals surface area contributed by atoms with Gasteiger partial charge in [0, 0.05) is 10.0 Å². The number of nitrogens with two attached hydrogens (primary N) is 1. The molecule has 0 aliphatic rings. The summed E-state index contributed by atoms with van der Waals surface area (Å²) in [5, 5.41) is 0. The molecule has 0 unspecified atom stereocenters. The predicted octanol–water partition coefficient (Wildman–Crippen LogP) is 3.54. The maximum atomic E-state index is 13.1. The van der Waals surface area contributed by atoms with Crippen LogP contribution in [-0.2, 0) is 11.3 Å². The topological polar surface area (TPSA) is 61.5 Å². The highest BCUT2D eigenvalue weighted by atomic mass is 79.9. The second-order valence-corrected chi connectivity index (χ2v) is 5.12. The van der Waals surface area contributed by atoms with Gasteiger partial charge in [0.1, 0.15) is 18.2 Å². The van der Waals surface area contributed by atoms with Crippen LogP contribution in [0.25, 0.3) is 0 Å². The highest BCUT2D eigenvalue weighted by Gasteiger charge is 2.11. The van der Waals surface area contributed by atoms with Gasteiger partial charge in [-0.15, -0.1) is 0 Å². The van der Waals surface area contributed by atoms with Crippen LogP contribution in [0, 0.1) is 5.82 Å². The van der Waals surface area contributed by atoms with E-state index in [4.69, 9.17) is 15.2 Å². The first-order valence-electron chi connectivity index (χ1n) is 6.06. The standard InChI is InChI=1S/C15H13BrFNO3/c1-20-14-5-2-9(7-13(14)18)15(19)21-8-10-6-11(17)3-4-12(10)16/h2-7H,8,18H2,1H3. The molecule has 0 atom stereocenters. The Labute approximate surface area is 129 Å². The van der Waals surface area contributed by atoms with Gasteiger partial charge in [-0.1, -0.05) is 15.9 Å². The monoisotopic (exact) mass is 353 g/mol. The molecule has 4 nitrogen and oxygen atoms in total. The van der Waals surface area contributed by atoms with E-state index in [1.807, 2.05) is 0 Å². The summed E-state index contributed by atoms with van der Waals surface area (Å²) in [6.07, 6.45) is 0. The van der Waals surface area contributed by atoms with Gasteiger partial charge in [-0.05, 0) is 36.4 Å². The molecule has 0 aliphatic carbocycles. The Morgan fingerprint density at radius 3 is 2.71 bits per heavy atom. The lowest BCUT2D eigenvalue weighted by molar-refractivity contribution is 0.0471. The van der Waals surface area contributed by atoms with Crippen molar-refractivity contribution in [3.63, 3.8) is 0 Å². The summed E-state index contributed by atoms with van der Waals surface area (Å²) in [7, 11) is 1.49. The Hall–Kier alpha value is -2.08. The molecule has 6 heteroatoms. The smallest absolute Gasteiger partial charge is 0.338 e. The summed E-state index contributed by atoms with van der Waals surface area (Å²) >= 11 is 3.27. The van der Waals surface area contributed by atoms with Crippen LogP contribution in [-0.4, -0.2) is 13.1 Å². The van der Waals surface area contributed by atoms with Gasteiger partial charge in [-0.2, -0.15) is 0 Å². The van der Waals surface area contributed by atoms with Crippen LogP contribution in [0.1, 0.15) is 15.9 Å². The van der Waals surface area contributed by atoms with E-state index in [0.717, 1.165) is 0 Å². The zero-order valence-electron chi connectivity index (χ0n) is 11.2. The SMILES string of the molecule is COc1ccc(C(=O)OCc2cc(F)ccc2Br)cc1N. The zero-order valence-corrected chi connectivity index (χ0v) is 12.8. The van der Waals surface area contributed by atoms with Crippen LogP contribution in [0.2, 0.25) is 0 Å². The molecule has 110 valence electrons. The molecule has 0 heterocycles. The number of esters is 1. The molecule has 0 radical (unpaired) electrons. The van der Waals surface area contributed by atoms with Crippen molar-refractivity contribution in [1.82, 2.24) is 0 Å². The third-order valence-corrected chi connectivity index (χ3v) is 3.61. The van der Waals surface area contributed by atoms with Crippen molar-refractivity contribution in [2.45, 2.75) is 6.61 Å². The average molecular weight is 354 g/mol. The molecule has 2 N–H and O–H groups in total. The molecule has 0 aliphatic heterocycles. The molecule has 2 aromatic carbocycles. The van der Waals surface area contributed by atoms with Crippen molar-refractivity contribution in [2.24, 2.45) is 0 Å². The highest BCUT2D eigenvalue weighted by molar-refractivity contribution is 9.10. The lowest BCUT2D eigenvalue weighted by Gasteiger charge is -2.09. The van der Waals surface area contributed by atoms with E-state index in [0.29, 0.717) is 27.0 Å². The summed E-state index contributed by atoms with van der Waals surface area (Å²) in [6.45, 7) is -0.0386. The van der Waals surface area contributed by atoms with Crippen molar-refractivity contribution in [3.8, 4) is 5.75 Å². The number of ether oxygens (including phenoxy) is 2. The minimum atomic E-state index is -0.541. The maximum Gasteiger partial charge on any atom is 0.338 e. The van der Waals surface area contributed by atoms with Crippen LogP contribution in [0.15, 0.2) is 40.9 Å². The number of hydrogen-bond acceptors (Lipinski definition) is 4. The number of benzene rings is 2. The third kappa shape index (κ3) is 3.72. The fraction of sp³-hybridized carbons (Fsp3) is 0.133. The molecule has 0 saturated carbocycles. The Kier molecular flexibility index (Phi) is 4.80. The van der Waals surface area contributed by atoms with Gasteiger partial charge in [0.25, 0.3) is 0 Å². The quantitative estimate of drug-likeness (QED) is 0.674. The van der Waals surface area contributed by atoms with Crippen molar-refractivity contribution in [2.75, 3.05) is 12.8 Å². The van der Waals surface area contributed by atoms with E-state index >= 15 is 0 Å². The van der Waals surface area contributed by atoms with Crippen LogP contribution in [0.5, 0.6) is 5.75 Å². The molecular formula is C15H13BrFNO3. The van der Waals surface area contributed by atoms with E-state index in [1.54, 1.807) is 18.2 Å². The number of rotatable bonds is 4. The van der Waals surface area contributed by atoms with Gasteiger partial charge < -0.3 is 15.2 Å². The predicted molar refractivity (Wildman–Crippen MR) is 80.6 cm³/mol. The van der Waals surface area contributed by atoms with Crippen LogP contribution in [0.4, 0.5) is 10.1 Å². The summed E-state index contributed by atoms with van der Waals surface area (Å²) in [5.41, 5.74) is 6.93. The molecule has 21 heavy (non-hydrogen) atoms. The molecule has 0 spiro atoms. The molecule has 0 saturated heterocycles. The lowest BCUT2D eigenvalue weighted by atomic mass is 10.2. The molecular weight excluding hydrogens is 341 g/mol. The van der Waals surface area contributed by atoms with Crippen LogP contribution < -0.4 is 10.5 Å². The van der Waals surface area contributed by atoms with Gasteiger partial charge in [0.05, 0.1) is 18.4 Å². The molecule has 0 amide bonds. The first-order chi connectivity index (χ1) is 10.0. The second-order valence-electron chi connectivity index (χ2n) is 4.27. The minimum Gasteiger partial charge on any atom is -0.495 e. The number of anilines is 1. The zero-order chi connectivity index (χ0) is 15.4. The van der Waals surface area contributed by atoms with Gasteiger partial charge in [-0.25, -0.2) is 9.18 Å². The van der Waals surface area contributed by atoms with Gasteiger partial charge in [-0.3, -0.25) is 0 Å². The van der Waals surface area contributed by atoms with E-state index < -0.39 is 11.8 Å². The number of carbonyl (C=O) groups excluding carboxylic acids is 1. The van der Waals surface area contributed by atoms with E-state index in [2.05, 4.69) is 15.9 Å². The fourth-order valence-electron chi connectivity index (χ4n) is 1.74. The highest BCUT2D eigenvalue weighted by Crippen LogP contribution is 2.23. The summed E-state index contributed by atoms with van der Waals surface area (Å²) in [5.74, 6) is -0.446. The van der Waals surface area contributed by atoms with E-state index in [-0.39, 0.29) is 6.61 Å². The van der Waals surface area contributed by atoms with Crippen molar-refractivity contribution < 1.29 is 18.7 Å². The Morgan fingerprint density at radius 2 is 2.05 bits per heavy atom. The average Bonchev–Trinajstić information content (AvgIpc) is 2.47. The summed E-state index contributed by atoms with van der Waals surface area (Å²) in [6, 6.07) is 8.80. The molecule has 0 bridgehead atoms. The first kappa shape index (κ1) is 15.3. The Bertz CT molecular complexity index is 676. The first-order valence-corrected chi connectivity index (χ1v) is 6.85. The summed E-state index contributed by atoms with van der Waals surface area (Å²) in [4.78, 5) is 11.9. The maximum absolute atomic E-state index is 13.1. The number of hydrogen-bond donors (Lipinski definition) is 1. The normalized spacial score (nSPS) is 10.2. The van der Waals surface area contributed by atoms with E-state index in [9.17, 15) is 9.18 Å². The van der Waals surface area contributed by atoms with Gasteiger partial charge >= 0.3 is 5.97 Å². The summed E-state index contributed by atoms with van der Waals surface area (Å²) < 4.78 is 24.0. The lowest BCUT2D eigenvalue weighted by Crippen LogP contribution is -2.07. The number of carbonyl (C=O) groups is 1. The van der Waals surface area contributed by atoms with E-state index in [1.165, 1.54) is 25.3 Å². The van der Waals surface area contributed by atoms with Gasteiger partial charge in [0.15, 0.2) is 0 Å². The van der Waals surface area contributed by atoms with Crippen molar-refractivity contribution in [1.29, 1.82) is 0 Å². The van der Waals surface area contributed by atoms with Crippen LogP contribution in [0.3, 0.4) is 0 Å². The number of methoxy groups -OCH3 is 1. The van der Waals surface area contributed by atoms with Crippen LogP contribution >= 0.6 is 15.9 Å². The number of nitrogen functional groups attached to an aromatic ring is 1. The van der Waals surface area contributed by atoms with Crippen molar-refractivity contribution >= 4 is 27.6 Å². The third-order valence-electron chi connectivity index (χ3n) is 2.83. The molecule has 0 fully saturated rings.